The third-order valence-corrected chi connectivity index (χ3v) is 7.04. The fraction of sp³-hybridized carbons (Fsp3) is 0.577. The maximum atomic E-state index is 13.5. The Kier molecular flexibility index (Phi) is 8.74. The van der Waals surface area contributed by atoms with E-state index in [1.807, 2.05) is 11.0 Å². The highest BCUT2D eigenvalue weighted by Crippen LogP contribution is 2.34. The van der Waals surface area contributed by atoms with E-state index < -0.39 is 6.10 Å². The van der Waals surface area contributed by atoms with Gasteiger partial charge in [0, 0.05) is 18.0 Å². The van der Waals surface area contributed by atoms with Crippen LogP contribution in [-0.4, -0.2) is 59.7 Å². The number of aliphatic hydroxyl groups excluding tert-OH is 1. The number of hydrogen-bond acceptors (Lipinski definition) is 5. The molecule has 0 radical (unpaired) electrons. The first-order valence-corrected chi connectivity index (χ1v) is 12.6. The first kappa shape index (κ1) is 24.7. The molecule has 32 heavy (non-hydrogen) atoms. The molecule has 3 rings (SSSR count). The Balaban J connectivity index is 1.74. The van der Waals surface area contributed by atoms with Crippen LogP contribution in [0.2, 0.25) is 0 Å². The second-order valence-corrected chi connectivity index (χ2v) is 10.5. The van der Waals surface area contributed by atoms with Gasteiger partial charge in [-0.25, -0.2) is 0 Å². The number of amides is 1. The molecule has 1 amide bonds. The van der Waals surface area contributed by atoms with Gasteiger partial charge in [0.05, 0.1) is 18.7 Å². The molecule has 0 aliphatic carbocycles. The summed E-state index contributed by atoms with van der Waals surface area (Å²) in [4.78, 5) is 18.9. The standard InChI is InChI=1S/C26H38N2O3S/c1-18(2)8-11-27(15-21(5)29)16-26(30)28-12-9-25-22(10-13-32-25)23(28)17-31-24-7-6-19(3)14-20(24)4/h6-7,10,13-14,18,21,23,29H,8-9,11-12,15-17H2,1-5H3. The molecule has 0 bridgehead atoms. The molecule has 1 N–H and O–H groups in total. The molecule has 176 valence electrons. The van der Waals surface area contributed by atoms with Crippen LogP contribution in [0.1, 0.15) is 54.8 Å². The van der Waals surface area contributed by atoms with Gasteiger partial charge in [-0.3, -0.25) is 9.69 Å². The molecule has 5 nitrogen and oxygen atoms in total. The largest absolute Gasteiger partial charge is 0.491 e. The number of fused-ring (bicyclic) bond motifs is 1. The van der Waals surface area contributed by atoms with E-state index in [0.29, 0.717) is 32.2 Å². The SMILES string of the molecule is Cc1ccc(OCC2c3ccsc3CCN2C(=O)CN(CCC(C)C)CC(C)O)c(C)c1. The monoisotopic (exact) mass is 458 g/mol. The highest BCUT2D eigenvalue weighted by atomic mass is 32.1. The molecule has 1 aliphatic rings. The second kappa shape index (κ2) is 11.3. The number of benzene rings is 1. The zero-order chi connectivity index (χ0) is 23.3. The summed E-state index contributed by atoms with van der Waals surface area (Å²) in [5, 5.41) is 12.1. The van der Waals surface area contributed by atoms with Crippen LogP contribution in [0, 0.1) is 19.8 Å². The fourth-order valence-corrected chi connectivity index (χ4v) is 5.26. The highest BCUT2D eigenvalue weighted by molar-refractivity contribution is 7.10. The summed E-state index contributed by atoms with van der Waals surface area (Å²) in [6.07, 6.45) is 1.44. The molecule has 2 aromatic rings. The Morgan fingerprint density at radius 1 is 1.28 bits per heavy atom. The van der Waals surface area contributed by atoms with Gasteiger partial charge in [0.1, 0.15) is 12.4 Å². The minimum Gasteiger partial charge on any atom is -0.491 e. The molecule has 1 aromatic carbocycles. The highest BCUT2D eigenvalue weighted by Gasteiger charge is 2.33. The first-order valence-electron chi connectivity index (χ1n) is 11.7. The second-order valence-electron chi connectivity index (χ2n) is 9.50. The van der Waals surface area contributed by atoms with Gasteiger partial charge in [0.2, 0.25) is 5.91 Å². The third kappa shape index (κ3) is 6.56. The van der Waals surface area contributed by atoms with Crippen molar-refractivity contribution in [3.63, 3.8) is 0 Å². The smallest absolute Gasteiger partial charge is 0.237 e. The van der Waals surface area contributed by atoms with Gasteiger partial charge in [0.15, 0.2) is 0 Å². The molecule has 0 spiro atoms. The Hall–Kier alpha value is -1.89. The summed E-state index contributed by atoms with van der Waals surface area (Å²) < 4.78 is 6.24. The summed E-state index contributed by atoms with van der Waals surface area (Å²) in [5.74, 6) is 1.54. The average Bonchev–Trinajstić information content (AvgIpc) is 3.19. The van der Waals surface area contributed by atoms with Crippen molar-refractivity contribution < 1.29 is 14.6 Å². The number of hydrogen-bond donors (Lipinski definition) is 1. The van der Waals surface area contributed by atoms with Crippen molar-refractivity contribution in [2.75, 3.05) is 32.8 Å². The van der Waals surface area contributed by atoms with Gasteiger partial charge in [-0.2, -0.15) is 0 Å². The van der Waals surface area contributed by atoms with Crippen LogP contribution in [-0.2, 0) is 11.2 Å². The molecular formula is C26H38N2O3S. The van der Waals surface area contributed by atoms with E-state index in [1.54, 1.807) is 18.3 Å². The first-order chi connectivity index (χ1) is 15.2. The van der Waals surface area contributed by atoms with Crippen LogP contribution in [0.5, 0.6) is 5.75 Å². The van der Waals surface area contributed by atoms with Gasteiger partial charge in [-0.05, 0) is 74.7 Å². The van der Waals surface area contributed by atoms with Gasteiger partial charge >= 0.3 is 0 Å². The summed E-state index contributed by atoms with van der Waals surface area (Å²) in [6.45, 7) is 13.1. The molecule has 2 unspecified atom stereocenters. The molecule has 2 atom stereocenters. The molecule has 0 saturated carbocycles. The molecule has 0 saturated heterocycles. The Bertz CT molecular complexity index is 893. The number of nitrogens with zero attached hydrogens (tertiary/aromatic N) is 2. The van der Waals surface area contributed by atoms with Crippen LogP contribution in [0.3, 0.4) is 0 Å². The van der Waals surface area contributed by atoms with Gasteiger partial charge in [-0.1, -0.05) is 31.5 Å². The zero-order valence-electron chi connectivity index (χ0n) is 20.1. The quantitative estimate of drug-likeness (QED) is 0.565. The lowest BCUT2D eigenvalue weighted by Gasteiger charge is -2.37. The van der Waals surface area contributed by atoms with E-state index in [1.165, 1.54) is 16.0 Å². The van der Waals surface area contributed by atoms with E-state index in [0.717, 1.165) is 30.7 Å². The van der Waals surface area contributed by atoms with Crippen molar-refractivity contribution >= 4 is 17.2 Å². The molecule has 1 aliphatic heterocycles. The van der Waals surface area contributed by atoms with Crippen molar-refractivity contribution in [1.29, 1.82) is 0 Å². The van der Waals surface area contributed by atoms with Crippen LogP contribution in [0.15, 0.2) is 29.6 Å². The van der Waals surface area contributed by atoms with Crippen molar-refractivity contribution in [2.45, 2.75) is 59.6 Å². The van der Waals surface area contributed by atoms with E-state index in [9.17, 15) is 9.90 Å². The summed E-state index contributed by atoms with van der Waals surface area (Å²) in [7, 11) is 0. The molecular weight excluding hydrogens is 420 g/mol. The van der Waals surface area contributed by atoms with Gasteiger partial charge in [-0.15, -0.1) is 11.3 Å². The van der Waals surface area contributed by atoms with Crippen LogP contribution < -0.4 is 4.74 Å². The maximum absolute atomic E-state index is 13.5. The lowest BCUT2D eigenvalue weighted by molar-refractivity contribution is -0.136. The summed E-state index contributed by atoms with van der Waals surface area (Å²) in [6, 6.07) is 8.26. The number of thiophene rings is 1. The average molecular weight is 459 g/mol. The number of rotatable bonds is 10. The van der Waals surface area contributed by atoms with Gasteiger partial charge in [0.25, 0.3) is 0 Å². The van der Waals surface area contributed by atoms with E-state index >= 15 is 0 Å². The number of aryl methyl sites for hydroxylation is 2. The van der Waals surface area contributed by atoms with Gasteiger partial charge < -0.3 is 14.7 Å². The van der Waals surface area contributed by atoms with E-state index in [2.05, 4.69) is 56.2 Å². The Labute approximate surface area is 197 Å². The lowest BCUT2D eigenvalue weighted by atomic mass is 10.00. The minimum absolute atomic E-state index is 0.0864. The Morgan fingerprint density at radius 2 is 2.06 bits per heavy atom. The number of aliphatic hydroxyl groups is 1. The van der Waals surface area contributed by atoms with Crippen LogP contribution in [0.4, 0.5) is 0 Å². The summed E-state index contributed by atoms with van der Waals surface area (Å²) >= 11 is 1.77. The zero-order valence-corrected chi connectivity index (χ0v) is 21.0. The van der Waals surface area contributed by atoms with Crippen LogP contribution in [0.25, 0.3) is 0 Å². The topological polar surface area (TPSA) is 53.0 Å². The number of carbonyl (C=O) groups excluding carboxylic acids is 1. The molecule has 6 heteroatoms. The lowest BCUT2D eigenvalue weighted by Crippen LogP contribution is -2.47. The van der Waals surface area contributed by atoms with Crippen molar-refractivity contribution in [1.82, 2.24) is 9.80 Å². The maximum Gasteiger partial charge on any atom is 0.237 e. The van der Waals surface area contributed by atoms with E-state index in [-0.39, 0.29) is 11.9 Å². The normalized spacial score (nSPS) is 17.0. The van der Waals surface area contributed by atoms with Crippen LogP contribution >= 0.6 is 11.3 Å². The predicted molar refractivity (Wildman–Crippen MR) is 131 cm³/mol. The van der Waals surface area contributed by atoms with E-state index in [4.69, 9.17) is 4.74 Å². The Morgan fingerprint density at radius 3 is 2.75 bits per heavy atom. The predicted octanol–water partition coefficient (Wildman–Crippen LogP) is 4.60. The minimum atomic E-state index is -0.455. The number of ether oxygens (including phenoxy) is 1. The number of carbonyl (C=O) groups is 1. The third-order valence-electron chi connectivity index (χ3n) is 6.05. The summed E-state index contributed by atoms with van der Waals surface area (Å²) in [5.41, 5.74) is 3.54. The molecule has 2 heterocycles. The molecule has 1 aromatic heterocycles. The van der Waals surface area contributed by atoms with Crippen molar-refractivity contribution in [3.05, 3.63) is 51.2 Å². The molecule has 0 fully saturated rings. The van der Waals surface area contributed by atoms with Crippen molar-refractivity contribution in [3.8, 4) is 5.75 Å². The fourth-order valence-electron chi connectivity index (χ4n) is 4.34. The van der Waals surface area contributed by atoms with Crippen molar-refractivity contribution in [2.24, 2.45) is 5.92 Å².